The number of thiol groups is 1. The minimum absolute atomic E-state index is 0.111. The number of rotatable bonds is 1. The van der Waals surface area contributed by atoms with Gasteiger partial charge in [-0.15, -0.1) is 5.54 Å². The van der Waals surface area contributed by atoms with Crippen LogP contribution >= 0.6 is 12.6 Å². The molecule has 1 nitrogen and oxygen atoms in total. The van der Waals surface area contributed by atoms with Crippen LogP contribution in [0.1, 0.15) is 33.1 Å². The molecule has 18 heavy (non-hydrogen) atoms. The summed E-state index contributed by atoms with van der Waals surface area (Å²) in [5.41, 5.74) is 2.64. The molecule has 2 bridgehead atoms. The number of hydrogen-bond donors (Lipinski definition) is 2. The Morgan fingerprint density at radius 2 is 1.94 bits per heavy atom. The highest BCUT2D eigenvalue weighted by Crippen LogP contribution is 2.69. The van der Waals surface area contributed by atoms with E-state index in [4.69, 9.17) is 0 Å². The predicted octanol–water partition coefficient (Wildman–Crippen LogP) is 3.35. The second-order valence-electron chi connectivity index (χ2n) is 7.76. The van der Waals surface area contributed by atoms with Crippen molar-refractivity contribution in [2.75, 3.05) is 5.75 Å². The van der Waals surface area contributed by atoms with Crippen molar-refractivity contribution in [3.8, 4) is 11.5 Å². The molecule has 2 aliphatic carbocycles. The van der Waals surface area contributed by atoms with Gasteiger partial charge in [0.15, 0.2) is 0 Å². The minimum Gasteiger partial charge on any atom is -0.377 e. The van der Waals surface area contributed by atoms with Gasteiger partial charge in [0.25, 0.3) is 0 Å². The quantitative estimate of drug-likeness (QED) is 0.429. The van der Waals surface area contributed by atoms with Crippen LogP contribution in [-0.2, 0) is 0 Å². The van der Waals surface area contributed by atoms with Crippen LogP contribution in [0, 0.1) is 28.2 Å². The molecule has 2 fully saturated rings. The van der Waals surface area contributed by atoms with Gasteiger partial charge in [0.05, 0.1) is 0 Å². The van der Waals surface area contributed by atoms with Gasteiger partial charge in [-0.25, -0.2) is 0 Å². The highest BCUT2D eigenvalue weighted by atomic mass is 32.1. The second kappa shape index (κ2) is 4.04. The van der Waals surface area contributed by atoms with Gasteiger partial charge in [-0.05, 0) is 30.6 Å². The molecule has 0 aliphatic heterocycles. The van der Waals surface area contributed by atoms with Gasteiger partial charge in [-0.1, -0.05) is 39.4 Å². The third-order valence-corrected chi connectivity index (χ3v) is 6.84. The monoisotopic (exact) mass is 282 g/mol. The van der Waals surface area contributed by atoms with Crippen molar-refractivity contribution >= 4 is 20.7 Å². The van der Waals surface area contributed by atoms with E-state index in [0.29, 0.717) is 5.92 Å². The number of fused-ring (bicyclic) bond motifs is 2. The summed E-state index contributed by atoms with van der Waals surface area (Å²) in [6.07, 6.45) is 3.15. The van der Waals surface area contributed by atoms with Crippen LogP contribution in [0.25, 0.3) is 0 Å². The molecular weight excluding hydrogens is 256 g/mol. The third kappa shape index (κ3) is 1.80. The maximum absolute atomic E-state index is 11.1. The van der Waals surface area contributed by atoms with Crippen LogP contribution in [0.5, 0.6) is 0 Å². The Kier molecular flexibility index (Phi) is 3.25. The standard InChI is InChI=1S/C15H26OSSi/c1-13(2)12-6-7-14(13,11-17)15(16,10-12)8-9-18(3,4)5/h12,16-17H,6-7,10-11H2,1-5H3/t12-,14+,15-/m1/s1. The van der Waals surface area contributed by atoms with E-state index in [9.17, 15) is 5.11 Å². The Morgan fingerprint density at radius 1 is 1.33 bits per heavy atom. The molecule has 2 aliphatic rings. The van der Waals surface area contributed by atoms with Crippen LogP contribution in [0.4, 0.5) is 0 Å². The Bertz CT molecular complexity index is 414. The molecule has 0 aromatic carbocycles. The molecule has 3 atom stereocenters. The average molecular weight is 283 g/mol. The summed E-state index contributed by atoms with van der Waals surface area (Å²) in [7, 11) is -1.44. The Hall–Kier alpha value is 0.0869. The van der Waals surface area contributed by atoms with Gasteiger partial charge in [0.1, 0.15) is 13.7 Å². The van der Waals surface area contributed by atoms with Crippen molar-refractivity contribution in [2.24, 2.45) is 16.7 Å². The van der Waals surface area contributed by atoms with E-state index in [2.05, 4.69) is 57.6 Å². The summed E-state index contributed by atoms with van der Waals surface area (Å²) in [6, 6.07) is 0. The molecule has 102 valence electrons. The molecule has 0 spiro atoms. The average Bonchev–Trinajstić information content (AvgIpc) is 2.58. The smallest absolute Gasteiger partial charge is 0.132 e. The van der Waals surface area contributed by atoms with Crippen molar-refractivity contribution in [3.63, 3.8) is 0 Å². The lowest BCUT2D eigenvalue weighted by molar-refractivity contribution is -0.0393. The lowest BCUT2D eigenvalue weighted by atomic mass is 9.64. The van der Waals surface area contributed by atoms with Crippen LogP contribution in [0.15, 0.2) is 0 Å². The zero-order chi connectivity index (χ0) is 13.8. The topological polar surface area (TPSA) is 20.2 Å². The molecule has 0 aromatic rings. The van der Waals surface area contributed by atoms with Crippen molar-refractivity contribution in [1.82, 2.24) is 0 Å². The normalized spacial score (nSPS) is 41.6. The van der Waals surface area contributed by atoms with Crippen molar-refractivity contribution in [2.45, 2.75) is 58.4 Å². The fourth-order valence-electron chi connectivity index (χ4n) is 4.02. The molecule has 1 N–H and O–H groups in total. The Labute approximate surface area is 118 Å². The van der Waals surface area contributed by atoms with Crippen LogP contribution in [-0.4, -0.2) is 24.5 Å². The van der Waals surface area contributed by atoms with Gasteiger partial charge in [0, 0.05) is 11.2 Å². The predicted molar refractivity (Wildman–Crippen MR) is 83.5 cm³/mol. The fourth-order valence-corrected chi connectivity index (χ4v) is 5.43. The maximum atomic E-state index is 11.1. The van der Waals surface area contributed by atoms with E-state index >= 15 is 0 Å². The second-order valence-corrected chi connectivity index (χ2v) is 12.8. The van der Waals surface area contributed by atoms with E-state index in [0.717, 1.165) is 18.6 Å². The molecule has 0 saturated heterocycles. The molecule has 0 heterocycles. The van der Waals surface area contributed by atoms with Gasteiger partial charge in [-0.3, -0.25) is 0 Å². The molecule has 2 rings (SSSR count). The zero-order valence-electron chi connectivity index (χ0n) is 12.3. The van der Waals surface area contributed by atoms with E-state index in [1.54, 1.807) is 0 Å². The lowest BCUT2D eigenvalue weighted by Crippen LogP contribution is -2.50. The van der Waals surface area contributed by atoms with E-state index in [-0.39, 0.29) is 10.8 Å². The summed E-state index contributed by atoms with van der Waals surface area (Å²) in [5.74, 6) is 4.64. The highest BCUT2D eigenvalue weighted by molar-refractivity contribution is 7.80. The summed E-state index contributed by atoms with van der Waals surface area (Å²) < 4.78 is 0. The molecular formula is C15H26OSSi. The first kappa shape index (κ1) is 14.5. The largest absolute Gasteiger partial charge is 0.377 e. The third-order valence-electron chi connectivity index (χ3n) is 5.42. The first-order valence-corrected chi connectivity index (χ1v) is 11.1. The minimum atomic E-state index is -1.44. The summed E-state index contributed by atoms with van der Waals surface area (Å²) in [4.78, 5) is 0. The van der Waals surface area contributed by atoms with Crippen LogP contribution < -0.4 is 0 Å². The molecule has 0 aromatic heterocycles. The van der Waals surface area contributed by atoms with Gasteiger partial charge < -0.3 is 5.11 Å². The Morgan fingerprint density at radius 3 is 2.39 bits per heavy atom. The molecule has 2 saturated carbocycles. The maximum Gasteiger partial charge on any atom is 0.132 e. The summed E-state index contributed by atoms with van der Waals surface area (Å²) in [5, 5.41) is 11.1. The van der Waals surface area contributed by atoms with E-state index in [1.807, 2.05) is 0 Å². The van der Waals surface area contributed by atoms with Crippen molar-refractivity contribution in [3.05, 3.63) is 0 Å². The number of aliphatic hydroxyl groups is 1. The molecule has 0 radical (unpaired) electrons. The first-order chi connectivity index (χ1) is 8.08. The fraction of sp³-hybridized carbons (Fsp3) is 0.867. The zero-order valence-corrected chi connectivity index (χ0v) is 14.2. The Balaban J connectivity index is 2.44. The molecule has 3 heteroatoms. The van der Waals surface area contributed by atoms with Gasteiger partial charge >= 0.3 is 0 Å². The SMILES string of the molecule is CC1(C)[C@@H]2CC[C@@]1(CS)[C@@](O)(C#C[Si](C)(C)C)C2. The van der Waals surface area contributed by atoms with Crippen molar-refractivity contribution in [1.29, 1.82) is 0 Å². The van der Waals surface area contributed by atoms with E-state index < -0.39 is 13.7 Å². The summed E-state index contributed by atoms with van der Waals surface area (Å²) in [6.45, 7) is 11.3. The number of hydrogen-bond acceptors (Lipinski definition) is 2. The molecule has 0 amide bonds. The van der Waals surface area contributed by atoms with Gasteiger partial charge in [0.2, 0.25) is 0 Å². The lowest BCUT2D eigenvalue weighted by Gasteiger charge is -2.44. The van der Waals surface area contributed by atoms with Crippen molar-refractivity contribution < 1.29 is 5.11 Å². The van der Waals surface area contributed by atoms with Gasteiger partial charge in [-0.2, -0.15) is 12.6 Å². The van der Waals surface area contributed by atoms with Crippen LogP contribution in [0.2, 0.25) is 19.6 Å². The summed E-state index contributed by atoms with van der Waals surface area (Å²) >= 11 is 4.58. The first-order valence-electron chi connectivity index (χ1n) is 6.96. The molecule has 0 unspecified atom stereocenters. The van der Waals surface area contributed by atoms with Crippen LogP contribution in [0.3, 0.4) is 0 Å². The highest BCUT2D eigenvalue weighted by Gasteiger charge is 2.69. The van der Waals surface area contributed by atoms with E-state index in [1.165, 1.54) is 6.42 Å².